The minimum atomic E-state index is -1.78. The highest BCUT2D eigenvalue weighted by Crippen LogP contribution is 2.30. The molecule has 0 bridgehead atoms. The van der Waals surface area contributed by atoms with E-state index in [0.717, 1.165) is 48.1 Å². The van der Waals surface area contributed by atoms with E-state index in [4.69, 9.17) is 4.55 Å². The van der Waals surface area contributed by atoms with Gasteiger partial charge in [0.2, 0.25) is 0 Å². The largest absolute Gasteiger partial charge is 0.381 e. The Morgan fingerprint density at radius 2 is 1.93 bits per heavy atom. The molecule has 2 aliphatic rings. The smallest absolute Gasteiger partial charge is 0.270 e. The van der Waals surface area contributed by atoms with Crippen LogP contribution in [0.5, 0.6) is 0 Å². The minimum absolute atomic E-state index is 0.0793. The molecule has 1 unspecified atom stereocenters. The Bertz CT molecular complexity index is 885. The van der Waals surface area contributed by atoms with Crippen LogP contribution in [0.1, 0.15) is 54.6 Å². The Hall–Kier alpha value is -1.90. The molecule has 158 valence electrons. The fourth-order valence-electron chi connectivity index (χ4n) is 4.41. The molecule has 1 aromatic carbocycles. The summed E-state index contributed by atoms with van der Waals surface area (Å²) in [5, 5.41) is 7.93. The normalized spacial score (nSPS) is 18.6. The number of hydrogen-bond acceptors (Lipinski definition) is 4. The zero-order valence-electron chi connectivity index (χ0n) is 16.7. The van der Waals surface area contributed by atoms with Gasteiger partial charge in [-0.2, -0.15) is 0 Å². The maximum absolute atomic E-state index is 12.8. The summed E-state index contributed by atoms with van der Waals surface area (Å²) in [4.78, 5) is 18.1. The lowest BCUT2D eigenvalue weighted by atomic mass is 10.1. The van der Waals surface area contributed by atoms with Gasteiger partial charge in [0.05, 0.1) is 17.0 Å². The van der Waals surface area contributed by atoms with E-state index in [1.54, 1.807) is 0 Å². The van der Waals surface area contributed by atoms with Crippen LogP contribution < -0.4 is 10.6 Å². The molecule has 1 saturated carbocycles. The van der Waals surface area contributed by atoms with Crippen LogP contribution >= 0.6 is 0 Å². The van der Waals surface area contributed by atoms with E-state index in [-0.39, 0.29) is 11.7 Å². The molecule has 4 rings (SSSR count). The van der Waals surface area contributed by atoms with Crippen LogP contribution in [0.15, 0.2) is 18.2 Å². The fraction of sp³-hybridized carbons (Fsp3) is 0.571. The van der Waals surface area contributed by atoms with Gasteiger partial charge in [-0.05, 0) is 49.4 Å². The molecule has 4 N–H and O–H groups in total. The molecule has 1 aliphatic heterocycles. The van der Waals surface area contributed by atoms with Crippen LogP contribution in [0.2, 0.25) is 0 Å². The monoisotopic (exact) mass is 418 g/mol. The van der Waals surface area contributed by atoms with Crippen LogP contribution in [-0.2, 0) is 17.6 Å². The number of carbonyl (C=O) groups is 1. The van der Waals surface area contributed by atoms with Gasteiger partial charge in [-0.1, -0.05) is 12.8 Å². The summed E-state index contributed by atoms with van der Waals surface area (Å²) in [6, 6.07) is 6.65. The molecule has 29 heavy (non-hydrogen) atoms. The van der Waals surface area contributed by atoms with Crippen LogP contribution in [0.25, 0.3) is 10.9 Å². The molecule has 2 fully saturated rings. The van der Waals surface area contributed by atoms with Gasteiger partial charge in [0.1, 0.15) is 5.69 Å². The van der Waals surface area contributed by atoms with Crippen molar-refractivity contribution < 1.29 is 13.6 Å². The first-order valence-corrected chi connectivity index (χ1v) is 11.9. The molecule has 2 aromatic rings. The van der Waals surface area contributed by atoms with Crippen molar-refractivity contribution in [2.45, 2.75) is 51.1 Å². The van der Waals surface area contributed by atoms with Crippen molar-refractivity contribution in [2.24, 2.45) is 0 Å². The van der Waals surface area contributed by atoms with E-state index in [1.165, 1.54) is 25.7 Å². The number of nitrogens with zero attached hydrogens (tertiary/aromatic N) is 1. The van der Waals surface area contributed by atoms with Gasteiger partial charge in [0.25, 0.3) is 5.91 Å². The van der Waals surface area contributed by atoms with E-state index in [9.17, 15) is 9.00 Å². The zero-order valence-corrected chi connectivity index (χ0v) is 17.5. The van der Waals surface area contributed by atoms with Crippen LogP contribution in [0.4, 0.5) is 5.69 Å². The second-order valence-corrected chi connectivity index (χ2v) is 9.17. The van der Waals surface area contributed by atoms with Gasteiger partial charge in [-0.25, -0.2) is 4.21 Å². The van der Waals surface area contributed by atoms with Crippen molar-refractivity contribution in [1.29, 1.82) is 0 Å². The summed E-state index contributed by atoms with van der Waals surface area (Å²) in [6.45, 7) is 2.77. The molecule has 7 nitrogen and oxygen atoms in total. The third kappa shape index (κ3) is 4.99. The highest BCUT2D eigenvalue weighted by Gasteiger charge is 2.22. The first-order valence-electron chi connectivity index (χ1n) is 10.6. The van der Waals surface area contributed by atoms with Gasteiger partial charge >= 0.3 is 0 Å². The van der Waals surface area contributed by atoms with Crippen LogP contribution in [0.3, 0.4) is 0 Å². The van der Waals surface area contributed by atoms with E-state index in [2.05, 4.69) is 27.8 Å². The molecule has 1 saturated heterocycles. The predicted octanol–water partition coefficient (Wildman–Crippen LogP) is 3.07. The quantitative estimate of drug-likeness (QED) is 0.390. The molecule has 0 radical (unpaired) electrons. The number of nitrogens with one attached hydrogen (secondary N) is 3. The van der Waals surface area contributed by atoms with Crippen molar-refractivity contribution in [3.63, 3.8) is 0 Å². The molecule has 1 amide bonds. The fourth-order valence-corrected chi connectivity index (χ4v) is 4.73. The van der Waals surface area contributed by atoms with Crippen molar-refractivity contribution >= 4 is 33.6 Å². The predicted molar refractivity (Wildman–Crippen MR) is 117 cm³/mol. The highest BCUT2D eigenvalue weighted by atomic mass is 32.2. The zero-order chi connectivity index (χ0) is 20.2. The van der Waals surface area contributed by atoms with Gasteiger partial charge in [0, 0.05) is 37.6 Å². The number of fused-ring (bicyclic) bond motifs is 1. The summed E-state index contributed by atoms with van der Waals surface area (Å²) < 4.78 is 19.8. The number of amides is 1. The van der Waals surface area contributed by atoms with E-state index >= 15 is 0 Å². The van der Waals surface area contributed by atoms with Gasteiger partial charge in [0.15, 0.2) is 11.1 Å². The Labute approximate surface area is 173 Å². The SMILES string of the molecule is O=C(c1cc2cc(CNCCS(=O)O)cc(NC3CCCC3)c2[nH]1)N1CCCC1. The summed E-state index contributed by atoms with van der Waals surface area (Å²) in [5.74, 6) is 0.296. The number of hydrogen-bond donors (Lipinski definition) is 4. The molecule has 0 spiro atoms. The maximum atomic E-state index is 12.8. The Balaban J connectivity index is 1.58. The average Bonchev–Trinajstić information content (AvgIpc) is 3.45. The molecular formula is C21H30N4O3S. The molecule has 2 heterocycles. The molecule has 8 heteroatoms. The van der Waals surface area contributed by atoms with E-state index in [1.807, 2.05) is 11.0 Å². The number of likely N-dealkylation sites (tertiary alicyclic amines) is 1. The lowest BCUT2D eigenvalue weighted by Crippen LogP contribution is -2.27. The highest BCUT2D eigenvalue weighted by molar-refractivity contribution is 7.79. The maximum Gasteiger partial charge on any atom is 0.270 e. The van der Waals surface area contributed by atoms with Crippen molar-refractivity contribution in [2.75, 3.05) is 30.7 Å². The number of aromatic amines is 1. The van der Waals surface area contributed by atoms with Crippen LogP contribution in [0, 0.1) is 0 Å². The molecule has 1 aliphatic carbocycles. The van der Waals surface area contributed by atoms with E-state index in [0.29, 0.717) is 24.8 Å². The topological polar surface area (TPSA) is 97.5 Å². The summed E-state index contributed by atoms with van der Waals surface area (Å²) in [7, 11) is 0. The average molecular weight is 419 g/mol. The van der Waals surface area contributed by atoms with Gasteiger partial charge in [-0.15, -0.1) is 0 Å². The number of H-pyrrole nitrogens is 1. The van der Waals surface area contributed by atoms with Crippen molar-refractivity contribution in [3.05, 3.63) is 29.5 Å². The number of carbonyl (C=O) groups excluding carboxylic acids is 1. The molecule has 1 atom stereocenters. The number of rotatable bonds is 8. The van der Waals surface area contributed by atoms with Crippen molar-refractivity contribution in [3.8, 4) is 0 Å². The molecular weight excluding hydrogens is 388 g/mol. The third-order valence-electron chi connectivity index (χ3n) is 5.91. The van der Waals surface area contributed by atoms with Crippen LogP contribution in [-0.4, -0.2) is 56.0 Å². The van der Waals surface area contributed by atoms with Gasteiger partial charge < -0.3 is 25.1 Å². The Morgan fingerprint density at radius 3 is 2.66 bits per heavy atom. The Kier molecular flexibility index (Phi) is 6.52. The lowest BCUT2D eigenvalue weighted by molar-refractivity contribution is 0.0788. The van der Waals surface area contributed by atoms with E-state index < -0.39 is 11.1 Å². The number of anilines is 1. The first-order chi connectivity index (χ1) is 14.1. The summed E-state index contributed by atoms with van der Waals surface area (Å²) >= 11 is -1.78. The second kappa shape index (κ2) is 9.28. The standard InChI is InChI=1S/C21H30N4O3S/c26-21(25-8-3-4-9-25)19-13-16-11-15(14-22-7-10-29(27)28)12-18(20(16)24-19)23-17-5-1-2-6-17/h11-13,17,22-24H,1-10,14H2,(H,27,28). The Morgan fingerprint density at radius 1 is 1.17 bits per heavy atom. The molecule has 1 aromatic heterocycles. The summed E-state index contributed by atoms with van der Waals surface area (Å²) in [5.41, 5.74) is 3.77. The van der Waals surface area contributed by atoms with Crippen molar-refractivity contribution in [1.82, 2.24) is 15.2 Å². The number of aromatic nitrogens is 1. The second-order valence-electron chi connectivity index (χ2n) is 8.12. The van der Waals surface area contributed by atoms with Gasteiger partial charge in [-0.3, -0.25) is 4.79 Å². The summed E-state index contributed by atoms with van der Waals surface area (Å²) in [6.07, 6.45) is 7.01. The lowest BCUT2D eigenvalue weighted by Gasteiger charge is -2.16. The third-order valence-corrected chi connectivity index (χ3v) is 6.46. The first kappa shape index (κ1) is 20.4. The number of benzene rings is 1. The minimum Gasteiger partial charge on any atom is -0.381 e.